The first-order chi connectivity index (χ1) is 10.9. The molecule has 0 aliphatic carbocycles. The molecule has 0 fully saturated rings. The van der Waals surface area contributed by atoms with Gasteiger partial charge in [0, 0.05) is 11.1 Å². The first-order valence-electron chi connectivity index (χ1n) is 6.96. The van der Waals surface area contributed by atoms with Crippen molar-refractivity contribution in [1.29, 1.82) is 5.26 Å². The van der Waals surface area contributed by atoms with Crippen LogP contribution in [0.5, 0.6) is 0 Å². The Balaban J connectivity index is 2.26. The summed E-state index contributed by atoms with van der Waals surface area (Å²) in [6.45, 7) is 6.12. The topological polar surface area (TPSA) is 44.1 Å². The van der Waals surface area contributed by atoms with E-state index in [1.165, 1.54) is 0 Å². The van der Waals surface area contributed by atoms with Gasteiger partial charge >= 0.3 is 0 Å². The van der Waals surface area contributed by atoms with Crippen molar-refractivity contribution in [2.75, 3.05) is 10.7 Å². The van der Waals surface area contributed by atoms with Crippen LogP contribution in [0.4, 0.5) is 5.69 Å². The molecular weight excluding hydrogens is 364 g/mol. The van der Waals surface area contributed by atoms with Crippen LogP contribution in [0.15, 0.2) is 18.2 Å². The number of nitrogens with zero attached hydrogens (tertiary/aromatic N) is 2. The number of hydrogen-bond donors (Lipinski definition) is 0. The number of carbonyl (C=O) groups excluding carboxylic acids is 1. The average molecular weight is 379 g/mol. The molecule has 0 spiro atoms. The number of carbonyl (C=O) groups is 1. The number of nitriles is 1. The fraction of sp³-hybridized carbons (Fsp3) is 0.312. The van der Waals surface area contributed by atoms with Crippen molar-refractivity contribution in [2.24, 2.45) is 0 Å². The summed E-state index contributed by atoms with van der Waals surface area (Å²) >= 11 is 6.52. The van der Waals surface area contributed by atoms with Gasteiger partial charge in [0.1, 0.15) is 9.23 Å². The smallest absolute Gasteiger partial charge is 0.238 e. The second-order valence-electron chi connectivity index (χ2n) is 5.85. The number of anilines is 1. The Kier molecular flexibility index (Phi) is 4.36. The number of thiocyanates is 1. The van der Waals surface area contributed by atoms with E-state index in [9.17, 15) is 4.79 Å². The van der Waals surface area contributed by atoms with Crippen molar-refractivity contribution in [3.63, 3.8) is 0 Å². The number of aryl methyl sites for hydroxylation is 1. The highest BCUT2D eigenvalue weighted by Crippen LogP contribution is 2.52. The van der Waals surface area contributed by atoms with Gasteiger partial charge in [-0.2, -0.15) is 5.26 Å². The molecular formula is C16H14N2OS4. The summed E-state index contributed by atoms with van der Waals surface area (Å²) in [7, 11) is 3.23. The highest BCUT2D eigenvalue weighted by molar-refractivity contribution is 8.04. The number of fused-ring (bicyclic) bond motifs is 3. The zero-order chi connectivity index (χ0) is 16.8. The standard InChI is InChI=1S/C16H14N2OS4/c1-9-4-5-11-10(6-9)13-14(22-23-15(13)20)16(2,3)18(11)12(19)7-21-8-17/h4-6H,7H2,1-3H3. The van der Waals surface area contributed by atoms with Crippen molar-refractivity contribution in [3.05, 3.63) is 32.5 Å². The summed E-state index contributed by atoms with van der Waals surface area (Å²) in [5.41, 5.74) is 3.67. The van der Waals surface area contributed by atoms with E-state index in [1.54, 1.807) is 20.7 Å². The molecule has 0 unspecified atom stereocenters. The van der Waals surface area contributed by atoms with Gasteiger partial charge in [-0.3, -0.25) is 4.79 Å². The molecule has 7 heteroatoms. The molecule has 3 rings (SSSR count). The monoisotopic (exact) mass is 378 g/mol. The summed E-state index contributed by atoms with van der Waals surface area (Å²) in [6, 6.07) is 6.09. The predicted molar refractivity (Wildman–Crippen MR) is 102 cm³/mol. The van der Waals surface area contributed by atoms with Crippen molar-refractivity contribution in [2.45, 2.75) is 26.3 Å². The first kappa shape index (κ1) is 16.7. The molecule has 0 radical (unpaired) electrons. The van der Waals surface area contributed by atoms with E-state index in [4.69, 9.17) is 17.5 Å². The van der Waals surface area contributed by atoms with Gasteiger partial charge in [-0.15, -0.1) is 0 Å². The molecule has 1 aromatic heterocycles. The van der Waals surface area contributed by atoms with Gasteiger partial charge in [-0.1, -0.05) is 44.5 Å². The molecule has 1 aliphatic heterocycles. The molecule has 0 bridgehead atoms. The maximum absolute atomic E-state index is 12.8. The lowest BCUT2D eigenvalue weighted by atomic mass is 9.87. The molecule has 0 atom stereocenters. The summed E-state index contributed by atoms with van der Waals surface area (Å²) in [5, 5.41) is 10.7. The normalized spacial score (nSPS) is 14.8. The average Bonchev–Trinajstić information content (AvgIpc) is 2.89. The minimum absolute atomic E-state index is 0.0541. The van der Waals surface area contributed by atoms with Crippen molar-refractivity contribution in [3.8, 4) is 16.5 Å². The van der Waals surface area contributed by atoms with Crippen LogP contribution in [0.25, 0.3) is 11.1 Å². The van der Waals surface area contributed by atoms with Crippen LogP contribution in [-0.4, -0.2) is 11.7 Å². The van der Waals surface area contributed by atoms with Crippen LogP contribution < -0.4 is 4.90 Å². The minimum Gasteiger partial charge on any atom is -0.301 e. The minimum atomic E-state index is -0.469. The molecule has 3 nitrogen and oxygen atoms in total. The number of rotatable bonds is 2. The predicted octanol–water partition coefficient (Wildman–Crippen LogP) is 5.31. The Morgan fingerprint density at radius 1 is 1.43 bits per heavy atom. The Morgan fingerprint density at radius 2 is 2.17 bits per heavy atom. The van der Waals surface area contributed by atoms with E-state index in [2.05, 4.69) is 6.07 Å². The molecule has 2 heterocycles. The second kappa shape index (κ2) is 6.02. The van der Waals surface area contributed by atoms with Gasteiger partial charge in [0.15, 0.2) is 0 Å². The Morgan fingerprint density at radius 3 is 2.87 bits per heavy atom. The lowest BCUT2D eigenvalue weighted by Crippen LogP contribution is -2.48. The highest BCUT2D eigenvalue weighted by Gasteiger charge is 2.42. The fourth-order valence-corrected chi connectivity index (χ4v) is 6.55. The van der Waals surface area contributed by atoms with Crippen molar-refractivity contribution >= 4 is 56.3 Å². The Hall–Kier alpha value is -1.20. The largest absolute Gasteiger partial charge is 0.301 e. The molecule has 0 saturated carbocycles. The third-order valence-corrected chi connectivity index (χ3v) is 7.77. The summed E-state index contributed by atoms with van der Waals surface area (Å²) in [4.78, 5) is 15.7. The molecule has 1 aliphatic rings. The maximum atomic E-state index is 12.8. The van der Waals surface area contributed by atoms with Crippen LogP contribution in [-0.2, 0) is 10.3 Å². The third kappa shape index (κ3) is 2.64. The summed E-state index contributed by atoms with van der Waals surface area (Å²) < 4.78 is 0.878. The van der Waals surface area contributed by atoms with E-state index in [0.29, 0.717) is 0 Å². The number of amides is 1. The Labute approximate surface area is 152 Å². The van der Waals surface area contributed by atoms with Gasteiger partial charge in [0.25, 0.3) is 0 Å². The van der Waals surface area contributed by atoms with Crippen LogP contribution in [0.2, 0.25) is 0 Å². The van der Waals surface area contributed by atoms with E-state index in [0.717, 1.165) is 42.8 Å². The molecule has 23 heavy (non-hydrogen) atoms. The van der Waals surface area contributed by atoms with Gasteiger partial charge in [-0.25, -0.2) is 0 Å². The fourth-order valence-electron chi connectivity index (χ4n) is 2.95. The molecule has 2 aromatic rings. The van der Waals surface area contributed by atoms with E-state index >= 15 is 0 Å². The molecule has 1 amide bonds. The number of thioether (sulfide) groups is 1. The quantitative estimate of drug-likeness (QED) is 0.403. The van der Waals surface area contributed by atoms with Gasteiger partial charge in [-0.05, 0) is 44.7 Å². The third-order valence-electron chi connectivity index (χ3n) is 3.92. The molecule has 118 valence electrons. The van der Waals surface area contributed by atoms with E-state index in [-0.39, 0.29) is 11.7 Å². The van der Waals surface area contributed by atoms with Crippen LogP contribution in [0, 0.1) is 21.4 Å². The number of benzene rings is 1. The SMILES string of the molecule is Cc1ccc2c(c1)-c1c(ssc1=S)C(C)(C)N2C(=O)CSC#N. The lowest BCUT2D eigenvalue weighted by molar-refractivity contribution is -0.117. The zero-order valence-electron chi connectivity index (χ0n) is 12.9. The van der Waals surface area contributed by atoms with Crippen LogP contribution in [0.3, 0.4) is 0 Å². The highest BCUT2D eigenvalue weighted by atomic mass is 32.9. The maximum Gasteiger partial charge on any atom is 0.238 e. The second-order valence-corrected chi connectivity index (χ2v) is 9.42. The van der Waals surface area contributed by atoms with E-state index in [1.807, 2.05) is 43.2 Å². The lowest BCUT2D eigenvalue weighted by Gasteiger charge is -2.43. The van der Waals surface area contributed by atoms with Gasteiger partial charge in [0.05, 0.1) is 21.9 Å². The van der Waals surface area contributed by atoms with Crippen LogP contribution >= 0.6 is 44.7 Å². The van der Waals surface area contributed by atoms with Crippen molar-refractivity contribution in [1.82, 2.24) is 0 Å². The van der Waals surface area contributed by atoms with E-state index < -0.39 is 5.54 Å². The summed E-state index contributed by atoms with van der Waals surface area (Å²) in [6.07, 6.45) is 0. The summed E-state index contributed by atoms with van der Waals surface area (Å²) in [5.74, 6) is 0.0969. The van der Waals surface area contributed by atoms with Gasteiger partial charge in [0.2, 0.25) is 5.91 Å². The number of hydrogen-bond acceptors (Lipinski definition) is 6. The molecule has 1 aromatic carbocycles. The van der Waals surface area contributed by atoms with Crippen LogP contribution in [0.1, 0.15) is 24.3 Å². The zero-order valence-corrected chi connectivity index (χ0v) is 16.1. The first-order valence-corrected chi connectivity index (χ1v) is 10.5. The Bertz CT molecular complexity index is 888. The van der Waals surface area contributed by atoms with Gasteiger partial charge < -0.3 is 4.90 Å². The van der Waals surface area contributed by atoms with Crippen molar-refractivity contribution < 1.29 is 4.79 Å². The molecule has 0 saturated heterocycles. The molecule has 0 N–H and O–H groups in total.